The molecule has 2 aliphatic rings. The third-order valence-electron chi connectivity index (χ3n) is 5.35. The van der Waals surface area contributed by atoms with Crippen molar-refractivity contribution in [2.75, 3.05) is 29.4 Å². The van der Waals surface area contributed by atoms with Gasteiger partial charge in [-0.3, -0.25) is 0 Å². The molecule has 1 fully saturated rings. The van der Waals surface area contributed by atoms with Gasteiger partial charge in [-0.25, -0.2) is 9.88 Å². The molecule has 120 valence electrons. The van der Waals surface area contributed by atoms with Crippen LogP contribution in [0.5, 0.6) is 0 Å². The van der Waals surface area contributed by atoms with Crippen molar-refractivity contribution in [3.05, 3.63) is 60.2 Å². The van der Waals surface area contributed by atoms with Gasteiger partial charge in [0, 0.05) is 24.9 Å². The van der Waals surface area contributed by atoms with Crippen LogP contribution in [0.3, 0.4) is 0 Å². The minimum absolute atomic E-state index is 1.05. The number of anilines is 3. The van der Waals surface area contributed by atoms with Gasteiger partial charge >= 0.3 is 0 Å². The number of para-hydroxylation sites is 2. The van der Waals surface area contributed by atoms with E-state index in [4.69, 9.17) is 0 Å². The number of nitrogens with one attached hydrogen (secondary N) is 1. The molecule has 2 aromatic carbocycles. The summed E-state index contributed by atoms with van der Waals surface area (Å²) >= 11 is 0. The first-order valence-corrected chi connectivity index (χ1v) is 8.96. The summed E-state index contributed by atoms with van der Waals surface area (Å²) in [6, 6.07) is 19.5. The zero-order valence-corrected chi connectivity index (χ0v) is 13.8. The Morgan fingerprint density at radius 2 is 1.54 bits per heavy atom. The summed E-state index contributed by atoms with van der Waals surface area (Å²) < 4.78 is 0. The van der Waals surface area contributed by atoms with E-state index in [1.807, 2.05) is 0 Å². The second kappa shape index (κ2) is 5.52. The molecule has 24 heavy (non-hydrogen) atoms. The summed E-state index contributed by atoms with van der Waals surface area (Å²) in [7, 11) is 0. The Bertz CT molecular complexity index is 882. The number of hydrogen-bond donors (Lipinski definition) is 0. The predicted octanol–water partition coefficient (Wildman–Crippen LogP) is 3.95. The summed E-state index contributed by atoms with van der Waals surface area (Å²) in [5.74, 6) is 1.28. The van der Waals surface area contributed by atoms with Gasteiger partial charge in [-0.1, -0.05) is 30.3 Å². The Morgan fingerprint density at radius 1 is 0.792 bits per heavy atom. The number of fused-ring (bicyclic) bond motifs is 2. The molecule has 0 bridgehead atoms. The van der Waals surface area contributed by atoms with Crippen molar-refractivity contribution in [2.45, 2.75) is 19.3 Å². The van der Waals surface area contributed by atoms with Crippen LogP contribution in [0.25, 0.3) is 10.9 Å². The number of rotatable bonds is 2. The smallest absolute Gasteiger partial charge is 0.285 e. The molecular formula is C21H22N3+. The lowest BCUT2D eigenvalue weighted by atomic mass is 10.1. The van der Waals surface area contributed by atoms with Crippen LogP contribution in [0.2, 0.25) is 0 Å². The van der Waals surface area contributed by atoms with Crippen LogP contribution in [0, 0.1) is 0 Å². The Morgan fingerprint density at radius 3 is 2.38 bits per heavy atom. The molecule has 0 amide bonds. The standard InChI is InChI=1S/C21H21N3/c1-2-8-16(9-3-1)24-15-12-18-20(23-13-6-7-14-23)17-10-4-5-11-19(17)22-21(18)24/h1-5,8-11H,6-7,12-15H2/p+1. The van der Waals surface area contributed by atoms with Crippen molar-refractivity contribution < 1.29 is 4.98 Å². The molecule has 1 N–H and O–H groups in total. The fraction of sp³-hybridized carbons (Fsp3) is 0.286. The first-order chi connectivity index (χ1) is 11.9. The van der Waals surface area contributed by atoms with Crippen LogP contribution < -0.4 is 14.8 Å². The van der Waals surface area contributed by atoms with Crippen molar-refractivity contribution >= 4 is 28.1 Å². The molecule has 0 aliphatic carbocycles. The maximum absolute atomic E-state index is 3.72. The molecule has 1 saturated heterocycles. The summed E-state index contributed by atoms with van der Waals surface area (Å²) in [5, 5.41) is 1.37. The maximum Gasteiger partial charge on any atom is 0.285 e. The molecule has 0 radical (unpaired) electrons. The van der Waals surface area contributed by atoms with Gasteiger partial charge in [0.25, 0.3) is 5.82 Å². The van der Waals surface area contributed by atoms with Gasteiger partial charge in [0.1, 0.15) is 11.2 Å². The number of aromatic amines is 1. The molecule has 5 rings (SSSR count). The molecular weight excluding hydrogens is 294 g/mol. The number of aromatic nitrogens is 1. The number of benzene rings is 2. The van der Waals surface area contributed by atoms with E-state index in [1.165, 1.54) is 59.6 Å². The lowest BCUT2D eigenvalue weighted by Crippen LogP contribution is -2.24. The summed E-state index contributed by atoms with van der Waals surface area (Å²) in [4.78, 5) is 8.75. The SMILES string of the molecule is c1ccc(N2CCc3c2[nH+]c2ccccc2c3N2CCCC2)cc1. The molecule has 3 heterocycles. The first kappa shape index (κ1) is 13.8. The van der Waals surface area contributed by atoms with E-state index >= 15 is 0 Å². The number of hydrogen-bond acceptors (Lipinski definition) is 2. The number of pyridine rings is 1. The van der Waals surface area contributed by atoms with Crippen molar-refractivity contribution in [1.82, 2.24) is 0 Å². The monoisotopic (exact) mass is 316 g/mol. The first-order valence-electron chi connectivity index (χ1n) is 8.96. The summed E-state index contributed by atoms with van der Waals surface area (Å²) in [6.45, 7) is 3.42. The number of H-pyrrole nitrogens is 1. The molecule has 0 spiro atoms. The lowest BCUT2D eigenvalue weighted by Gasteiger charge is -2.22. The molecule has 3 nitrogen and oxygen atoms in total. The van der Waals surface area contributed by atoms with Gasteiger partial charge in [0.2, 0.25) is 0 Å². The van der Waals surface area contributed by atoms with E-state index in [0.29, 0.717) is 0 Å². The van der Waals surface area contributed by atoms with E-state index in [2.05, 4.69) is 69.4 Å². The molecule has 0 unspecified atom stereocenters. The quantitative estimate of drug-likeness (QED) is 0.713. The average Bonchev–Trinajstić information content (AvgIpc) is 3.30. The molecule has 3 heteroatoms. The van der Waals surface area contributed by atoms with E-state index in [1.54, 1.807) is 0 Å². The van der Waals surface area contributed by atoms with Gasteiger partial charge in [-0.2, -0.15) is 0 Å². The topological polar surface area (TPSA) is 20.6 Å². The van der Waals surface area contributed by atoms with E-state index < -0.39 is 0 Å². The van der Waals surface area contributed by atoms with E-state index in [9.17, 15) is 0 Å². The highest BCUT2D eigenvalue weighted by Gasteiger charge is 2.35. The predicted molar refractivity (Wildman–Crippen MR) is 99.1 cm³/mol. The highest BCUT2D eigenvalue weighted by Crippen LogP contribution is 2.41. The van der Waals surface area contributed by atoms with Gasteiger partial charge in [0.15, 0.2) is 0 Å². The second-order valence-electron chi connectivity index (χ2n) is 6.78. The second-order valence-corrected chi connectivity index (χ2v) is 6.78. The van der Waals surface area contributed by atoms with Crippen LogP contribution in [0.4, 0.5) is 17.2 Å². The Balaban J connectivity index is 1.73. The Hall–Kier alpha value is -2.55. The van der Waals surface area contributed by atoms with E-state index in [0.717, 1.165) is 13.0 Å². The van der Waals surface area contributed by atoms with Crippen LogP contribution in [-0.4, -0.2) is 19.6 Å². The van der Waals surface area contributed by atoms with Crippen LogP contribution >= 0.6 is 0 Å². The molecule has 0 atom stereocenters. The number of nitrogens with zero attached hydrogens (tertiary/aromatic N) is 2. The normalized spacial score (nSPS) is 16.8. The molecule has 2 aliphatic heterocycles. The largest absolute Gasteiger partial charge is 0.370 e. The lowest BCUT2D eigenvalue weighted by molar-refractivity contribution is -0.329. The average molecular weight is 316 g/mol. The van der Waals surface area contributed by atoms with Crippen LogP contribution in [-0.2, 0) is 6.42 Å². The zero-order chi connectivity index (χ0) is 15.9. The van der Waals surface area contributed by atoms with Crippen molar-refractivity contribution in [3.63, 3.8) is 0 Å². The van der Waals surface area contributed by atoms with Gasteiger partial charge in [0.05, 0.1) is 17.8 Å². The minimum Gasteiger partial charge on any atom is -0.370 e. The summed E-state index contributed by atoms with van der Waals surface area (Å²) in [5.41, 5.74) is 5.46. The van der Waals surface area contributed by atoms with Crippen LogP contribution in [0.1, 0.15) is 18.4 Å². The Kier molecular flexibility index (Phi) is 3.18. The van der Waals surface area contributed by atoms with Crippen molar-refractivity contribution in [3.8, 4) is 0 Å². The van der Waals surface area contributed by atoms with Gasteiger partial charge in [-0.15, -0.1) is 0 Å². The molecule has 0 saturated carbocycles. The zero-order valence-electron chi connectivity index (χ0n) is 13.8. The van der Waals surface area contributed by atoms with Crippen molar-refractivity contribution in [1.29, 1.82) is 0 Å². The van der Waals surface area contributed by atoms with Crippen molar-refractivity contribution in [2.24, 2.45) is 0 Å². The van der Waals surface area contributed by atoms with Gasteiger partial charge < -0.3 is 4.90 Å². The highest BCUT2D eigenvalue weighted by atomic mass is 15.2. The third-order valence-corrected chi connectivity index (χ3v) is 5.35. The Labute approximate surface area is 142 Å². The third kappa shape index (κ3) is 2.08. The van der Waals surface area contributed by atoms with Gasteiger partial charge in [-0.05, 0) is 37.1 Å². The highest BCUT2D eigenvalue weighted by molar-refractivity contribution is 5.94. The maximum atomic E-state index is 3.72. The molecule has 3 aromatic rings. The summed E-state index contributed by atoms with van der Waals surface area (Å²) in [6.07, 6.45) is 3.73. The fourth-order valence-corrected chi connectivity index (χ4v) is 4.25. The molecule has 1 aromatic heterocycles. The fourth-order valence-electron chi connectivity index (χ4n) is 4.25. The van der Waals surface area contributed by atoms with E-state index in [-0.39, 0.29) is 0 Å². The minimum atomic E-state index is 1.05. The van der Waals surface area contributed by atoms with Crippen LogP contribution in [0.15, 0.2) is 54.6 Å².